The Morgan fingerprint density at radius 2 is 2.29 bits per heavy atom. The van der Waals surface area contributed by atoms with Gasteiger partial charge >= 0.3 is 6.09 Å². The predicted octanol–water partition coefficient (Wildman–Crippen LogP) is 2.29. The number of aromatic nitrogens is 5. The number of nitrogens with zero attached hydrogens (tertiary/aromatic N) is 9. The second-order valence-corrected chi connectivity index (χ2v) is 6.05. The molecule has 0 saturated carbocycles. The van der Waals surface area contributed by atoms with Gasteiger partial charge in [0.25, 0.3) is 0 Å². The lowest BCUT2D eigenvalue weighted by Crippen LogP contribution is -2.25. The van der Waals surface area contributed by atoms with Gasteiger partial charge < -0.3 is 4.74 Å². The van der Waals surface area contributed by atoms with Crippen LogP contribution in [0.2, 0.25) is 0 Å². The van der Waals surface area contributed by atoms with Gasteiger partial charge in [-0.05, 0) is 23.7 Å². The molecule has 142 valence electrons. The van der Waals surface area contributed by atoms with Crippen LogP contribution >= 0.6 is 0 Å². The van der Waals surface area contributed by atoms with Crippen LogP contribution in [0.15, 0.2) is 48.4 Å². The van der Waals surface area contributed by atoms with Gasteiger partial charge in [-0.3, -0.25) is 4.90 Å². The van der Waals surface area contributed by atoms with Gasteiger partial charge in [0.1, 0.15) is 24.4 Å². The molecule has 1 fully saturated rings. The van der Waals surface area contributed by atoms with Crippen molar-refractivity contribution in [2.24, 2.45) is 5.11 Å². The van der Waals surface area contributed by atoms with Gasteiger partial charge in [0.15, 0.2) is 5.82 Å². The third-order valence-electron chi connectivity index (χ3n) is 4.16. The molecule has 0 N–H and O–H groups in total. The first-order valence-corrected chi connectivity index (χ1v) is 8.29. The lowest BCUT2D eigenvalue weighted by atomic mass is 10.2. The number of hydrogen-bond donors (Lipinski definition) is 0. The molecule has 0 aliphatic carbocycles. The maximum absolute atomic E-state index is 14.7. The lowest BCUT2D eigenvalue weighted by Gasteiger charge is -2.14. The number of ether oxygens (including phenoxy) is 1. The highest BCUT2D eigenvalue weighted by Crippen LogP contribution is 2.25. The number of carbonyl (C=O) groups is 1. The highest BCUT2D eigenvalue weighted by Gasteiger charge is 2.32. The zero-order valence-corrected chi connectivity index (χ0v) is 14.5. The van der Waals surface area contributed by atoms with Gasteiger partial charge in [0, 0.05) is 16.7 Å². The second kappa shape index (κ2) is 7.37. The molecule has 1 amide bonds. The Morgan fingerprint density at radius 3 is 3.04 bits per heavy atom. The molecule has 4 rings (SSSR count). The van der Waals surface area contributed by atoms with Crippen LogP contribution in [0.1, 0.15) is 5.56 Å². The van der Waals surface area contributed by atoms with E-state index in [0.717, 1.165) is 5.56 Å². The number of cyclic esters (lactones) is 1. The molecular weight excluding hydrogens is 369 g/mol. The minimum atomic E-state index is -0.612. The molecular formula is C16H14FN9O2. The van der Waals surface area contributed by atoms with Crippen molar-refractivity contribution < 1.29 is 13.9 Å². The minimum Gasteiger partial charge on any atom is -0.444 e. The van der Waals surface area contributed by atoms with E-state index in [1.54, 1.807) is 29.5 Å². The first kappa shape index (κ1) is 17.5. The topological polar surface area (TPSA) is 127 Å². The zero-order valence-electron chi connectivity index (χ0n) is 14.5. The second-order valence-electron chi connectivity index (χ2n) is 6.05. The van der Waals surface area contributed by atoms with Crippen LogP contribution < -0.4 is 4.90 Å². The molecule has 1 aliphatic rings. The summed E-state index contributed by atoms with van der Waals surface area (Å²) in [7, 11) is 0. The first-order valence-electron chi connectivity index (χ1n) is 8.29. The number of hydrogen-bond acceptors (Lipinski definition) is 6. The third-order valence-corrected chi connectivity index (χ3v) is 4.16. The maximum atomic E-state index is 14.7. The van der Waals surface area contributed by atoms with Gasteiger partial charge in [-0.2, -0.15) is 10.2 Å². The molecule has 1 saturated heterocycles. The number of azide groups is 1. The fraction of sp³-hybridized carbons (Fsp3) is 0.250. The van der Waals surface area contributed by atoms with Crippen LogP contribution in [0.3, 0.4) is 0 Å². The van der Waals surface area contributed by atoms with E-state index in [2.05, 4.69) is 25.2 Å². The summed E-state index contributed by atoms with van der Waals surface area (Å²) in [5.41, 5.74) is 9.79. The van der Waals surface area contributed by atoms with Crippen molar-refractivity contribution >= 4 is 11.8 Å². The van der Waals surface area contributed by atoms with Crippen molar-refractivity contribution in [2.45, 2.75) is 12.6 Å². The van der Waals surface area contributed by atoms with Crippen LogP contribution in [0.4, 0.5) is 14.9 Å². The Balaban J connectivity index is 1.51. The van der Waals surface area contributed by atoms with E-state index >= 15 is 0 Å². The summed E-state index contributed by atoms with van der Waals surface area (Å²) < 4.78 is 22.8. The average molecular weight is 383 g/mol. The molecule has 1 aromatic carbocycles. The Kier molecular flexibility index (Phi) is 4.60. The van der Waals surface area contributed by atoms with Crippen molar-refractivity contribution in [3.8, 4) is 5.69 Å². The predicted molar refractivity (Wildman–Crippen MR) is 94.3 cm³/mol. The van der Waals surface area contributed by atoms with E-state index in [1.165, 1.54) is 28.0 Å². The van der Waals surface area contributed by atoms with E-state index in [-0.39, 0.29) is 18.8 Å². The summed E-state index contributed by atoms with van der Waals surface area (Å²) in [6.07, 6.45) is 5.16. The molecule has 2 aromatic heterocycles. The molecule has 3 aromatic rings. The summed E-state index contributed by atoms with van der Waals surface area (Å²) in [6.45, 7) is 0.674. The monoisotopic (exact) mass is 383 g/mol. The third kappa shape index (κ3) is 3.48. The van der Waals surface area contributed by atoms with Crippen molar-refractivity contribution in [1.82, 2.24) is 24.5 Å². The highest BCUT2D eigenvalue weighted by molar-refractivity contribution is 5.89. The minimum absolute atomic E-state index is 0.0289. The summed E-state index contributed by atoms with van der Waals surface area (Å²) in [5.74, 6) is -0.542. The van der Waals surface area contributed by atoms with Crippen molar-refractivity contribution in [2.75, 3.05) is 18.0 Å². The van der Waals surface area contributed by atoms with Crippen LogP contribution in [0.5, 0.6) is 0 Å². The number of amides is 1. The molecule has 11 nitrogen and oxygen atoms in total. The SMILES string of the molecule is [N-]=[N+]=NCC1CN(c2ccc(-n3cc(Cn4cncn4)cn3)c(F)c2)C(=O)O1. The summed E-state index contributed by atoms with van der Waals surface area (Å²) in [4.78, 5) is 19.8. The number of benzene rings is 1. The Hall–Kier alpha value is -3.92. The molecule has 1 atom stereocenters. The lowest BCUT2D eigenvalue weighted by molar-refractivity contribution is 0.145. The fourth-order valence-corrected chi connectivity index (χ4v) is 2.88. The molecule has 1 unspecified atom stereocenters. The number of anilines is 1. The van der Waals surface area contributed by atoms with E-state index in [4.69, 9.17) is 10.3 Å². The smallest absolute Gasteiger partial charge is 0.414 e. The zero-order chi connectivity index (χ0) is 19.5. The van der Waals surface area contributed by atoms with Crippen molar-refractivity contribution in [3.05, 3.63) is 65.1 Å². The summed E-state index contributed by atoms with van der Waals surface area (Å²) in [5, 5.41) is 11.6. The standard InChI is InChI=1S/C16H14FN9O2/c17-14-3-12(25-8-13(5-20-23-18)28-16(25)27)1-2-15(14)26-7-11(4-21-26)6-24-10-19-9-22-24/h1-4,7,9-10,13H,5-6,8H2. The Bertz CT molecular complexity index is 1040. The summed E-state index contributed by atoms with van der Waals surface area (Å²) >= 11 is 0. The van der Waals surface area contributed by atoms with Crippen LogP contribution in [-0.4, -0.2) is 49.8 Å². The molecule has 12 heteroatoms. The molecule has 0 radical (unpaired) electrons. The van der Waals surface area contributed by atoms with E-state index < -0.39 is 18.0 Å². The van der Waals surface area contributed by atoms with Gasteiger partial charge in [-0.1, -0.05) is 5.11 Å². The van der Waals surface area contributed by atoms with Crippen molar-refractivity contribution in [1.29, 1.82) is 0 Å². The number of carbonyl (C=O) groups excluding carboxylic acids is 1. The maximum Gasteiger partial charge on any atom is 0.414 e. The Morgan fingerprint density at radius 1 is 1.39 bits per heavy atom. The van der Waals surface area contributed by atoms with Crippen LogP contribution in [0, 0.1) is 5.82 Å². The highest BCUT2D eigenvalue weighted by atomic mass is 19.1. The van der Waals surface area contributed by atoms with Crippen LogP contribution in [-0.2, 0) is 11.3 Å². The first-order chi connectivity index (χ1) is 13.6. The van der Waals surface area contributed by atoms with E-state index in [0.29, 0.717) is 12.2 Å². The van der Waals surface area contributed by atoms with Gasteiger partial charge in [0.2, 0.25) is 0 Å². The van der Waals surface area contributed by atoms with E-state index in [1.807, 2.05) is 0 Å². The van der Waals surface area contributed by atoms with Crippen molar-refractivity contribution in [3.63, 3.8) is 0 Å². The fourth-order valence-electron chi connectivity index (χ4n) is 2.88. The van der Waals surface area contributed by atoms with E-state index in [9.17, 15) is 9.18 Å². The summed E-state index contributed by atoms with van der Waals surface area (Å²) in [6, 6.07) is 4.38. The molecule has 1 aliphatic heterocycles. The van der Waals surface area contributed by atoms with Gasteiger partial charge in [0.05, 0.1) is 31.5 Å². The molecule has 28 heavy (non-hydrogen) atoms. The Labute approximate surface area is 157 Å². The number of rotatable bonds is 6. The largest absolute Gasteiger partial charge is 0.444 e. The number of halogens is 1. The normalized spacial score (nSPS) is 16.1. The molecule has 0 bridgehead atoms. The van der Waals surface area contributed by atoms with Gasteiger partial charge in [-0.15, -0.1) is 0 Å². The quantitative estimate of drug-likeness (QED) is 0.366. The van der Waals surface area contributed by atoms with Gasteiger partial charge in [-0.25, -0.2) is 23.5 Å². The molecule has 3 heterocycles. The van der Waals surface area contributed by atoms with Crippen LogP contribution in [0.25, 0.3) is 16.1 Å². The average Bonchev–Trinajstić information content (AvgIpc) is 3.42. The molecule has 0 spiro atoms.